The van der Waals surface area contributed by atoms with E-state index >= 15 is 0 Å². The lowest BCUT2D eigenvalue weighted by Crippen LogP contribution is -2.28. The molecule has 2 rings (SSSR count). The van der Waals surface area contributed by atoms with Gasteiger partial charge in [-0.25, -0.2) is 13.1 Å². The van der Waals surface area contributed by atoms with Crippen LogP contribution in [-0.2, 0) is 10.0 Å². The van der Waals surface area contributed by atoms with E-state index in [1.165, 1.54) is 24.6 Å². The van der Waals surface area contributed by atoms with Crippen LogP contribution in [0.4, 0.5) is 5.69 Å². The van der Waals surface area contributed by atoms with Crippen LogP contribution in [0.15, 0.2) is 23.1 Å². The van der Waals surface area contributed by atoms with Crippen molar-refractivity contribution in [1.29, 1.82) is 0 Å². The summed E-state index contributed by atoms with van der Waals surface area (Å²) in [6, 6.07) is 4.43. The van der Waals surface area contributed by atoms with Crippen LogP contribution < -0.4 is 10.5 Å². The largest absolute Gasteiger partial charge is 0.399 e. The summed E-state index contributed by atoms with van der Waals surface area (Å²) < 4.78 is 27.0. The Morgan fingerprint density at radius 2 is 2.16 bits per heavy atom. The van der Waals surface area contributed by atoms with E-state index in [9.17, 15) is 8.42 Å². The van der Waals surface area contributed by atoms with E-state index in [1.807, 2.05) is 0 Å². The van der Waals surface area contributed by atoms with Crippen molar-refractivity contribution in [2.45, 2.75) is 31.1 Å². The predicted molar refractivity (Wildman–Crippen MR) is 77.6 cm³/mol. The Morgan fingerprint density at radius 1 is 1.42 bits per heavy atom. The number of sulfonamides is 1. The third-order valence-corrected chi connectivity index (χ3v) is 5.52. The Morgan fingerprint density at radius 3 is 2.74 bits per heavy atom. The first-order valence-electron chi connectivity index (χ1n) is 6.43. The van der Waals surface area contributed by atoms with Gasteiger partial charge in [0.2, 0.25) is 10.0 Å². The van der Waals surface area contributed by atoms with Gasteiger partial charge in [-0.15, -0.1) is 0 Å². The zero-order valence-corrected chi connectivity index (χ0v) is 12.5. The molecule has 0 radical (unpaired) electrons. The maximum Gasteiger partial charge on any atom is 0.242 e. The van der Waals surface area contributed by atoms with E-state index in [0.717, 1.165) is 12.8 Å². The number of anilines is 1. The number of rotatable bonds is 4. The fourth-order valence-electron chi connectivity index (χ4n) is 2.55. The summed E-state index contributed by atoms with van der Waals surface area (Å²) >= 11 is 5.93. The molecule has 19 heavy (non-hydrogen) atoms. The SMILES string of the molecule is CC1CCC(CNS(=O)(=O)c2ccc(N)cc2Cl)C1. The maximum atomic E-state index is 12.2. The molecule has 2 unspecified atom stereocenters. The third-order valence-electron chi connectivity index (χ3n) is 3.61. The summed E-state index contributed by atoms with van der Waals surface area (Å²) in [5, 5.41) is 0.160. The van der Waals surface area contributed by atoms with Gasteiger partial charge in [-0.3, -0.25) is 0 Å². The van der Waals surface area contributed by atoms with Gasteiger partial charge in [-0.05, 0) is 42.9 Å². The zero-order valence-electron chi connectivity index (χ0n) is 10.9. The number of nitrogens with one attached hydrogen (secondary N) is 1. The first kappa shape index (κ1) is 14.6. The first-order chi connectivity index (χ1) is 8.88. The summed E-state index contributed by atoms with van der Waals surface area (Å²) in [7, 11) is -3.55. The number of nitrogen functional groups attached to an aromatic ring is 1. The van der Waals surface area contributed by atoms with E-state index < -0.39 is 10.0 Å². The van der Waals surface area contributed by atoms with Crippen LogP contribution >= 0.6 is 11.6 Å². The van der Waals surface area contributed by atoms with Gasteiger partial charge >= 0.3 is 0 Å². The normalized spacial score (nSPS) is 23.7. The minimum Gasteiger partial charge on any atom is -0.399 e. The molecular formula is C13H19ClN2O2S. The first-order valence-corrected chi connectivity index (χ1v) is 8.29. The molecule has 3 N–H and O–H groups in total. The molecule has 1 fully saturated rings. The lowest BCUT2D eigenvalue weighted by molar-refractivity contribution is 0.498. The smallest absolute Gasteiger partial charge is 0.242 e. The van der Waals surface area contributed by atoms with Crippen LogP contribution in [0.25, 0.3) is 0 Å². The molecule has 1 saturated carbocycles. The quantitative estimate of drug-likeness (QED) is 0.840. The summed E-state index contributed by atoms with van der Waals surface area (Å²) in [6.45, 7) is 2.68. The van der Waals surface area contributed by atoms with E-state index in [0.29, 0.717) is 24.1 Å². The van der Waals surface area contributed by atoms with Crippen LogP contribution in [0.1, 0.15) is 26.2 Å². The van der Waals surface area contributed by atoms with Crippen molar-refractivity contribution in [2.75, 3.05) is 12.3 Å². The highest BCUT2D eigenvalue weighted by Gasteiger charge is 2.24. The second-order valence-electron chi connectivity index (χ2n) is 5.33. The molecule has 0 saturated heterocycles. The molecule has 2 atom stereocenters. The Bertz CT molecular complexity index is 560. The Kier molecular flexibility index (Phi) is 4.38. The highest BCUT2D eigenvalue weighted by molar-refractivity contribution is 7.89. The molecule has 0 heterocycles. The van der Waals surface area contributed by atoms with Gasteiger partial charge < -0.3 is 5.73 Å². The molecular weight excluding hydrogens is 284 g/mol. The average molecular weight is 303 g/mol. The second kappa shape index (κ2) is 5.69. The number of nitrogens with two attached hydrogens (primary N) is 1. The fourth-order valence-corrected chi connectivity index (χ4v) is 4.22. The predicted octanol–water partition coefficient (Wildman–Crippen LogP) is 2.64. The highest BCUT2D eigenvalue weighted by Crippen LogP contribution is 2.30. The number of hydrogen-bond acceptors (Lipinski definition) is 3. The molecule has 4 nitrogen and oxygen atoms in total. The molecule has 106 valence electrons. The Balaban J connectivity index is 2.06. The van der Waals surface area contributed by atoms with Crippen LogP contribution in [0.5, 0.6) is 0 Å². The van der Waals surface area contributed by atoms with Crippen LogP contribution in [0, 0.1) is 11.8 Å². The topological polar surface area (TPSA) is 72.2 Å². The van der Waals surface area contributed by atoms with Gasteiger partial charge in [0.05, 0.1) is 5.02 Å². The van der Waals surface area contributed by atoms with Crippen molar-refractivity contribution in [2.24, 2.45) is 11.8 Å². The Labute approximate surface area is 119 Å². The van der Waals surface area contributed by atoms with Gasteiger partial charge in [0.25, 0.3) is 0 Å². The van der Waals surface area contributed by atoms with Crippen molar-refractivity contribution in [3.63, 3.8) is 0 Å². The van der Waals surface area contributed by atoms with E-state index in [-0.39, 0.29) is 9.92 Å². The molecule has 1 aromatic rings. The van der Waals surface area contributed by atoms with Crippen molar-refractivity contribution >= 4 is 27.3 Å². The molecule has 1 aliphatic carbocycles. The monoisotopic (exact) mass is 302 g/mol. The van der Waals surface area contributed by atoms with Crippen molar-refractivity contribution in [3.05, 3.63) is 23.2 Å². The minimum atomic E-state index is -3.55. The highest BCUT2D eigenvalue weighted by atomic mass is 35.5. The molecule has 0 spiro atoms. The summed E-state index contributed by atoms with van der Waals surface area (Å²) in [6.07, 6.45) is 3.34. The van der Waals surface area contributed by atoms with E-state index in [4.69, 9.17) is 17.3 Å². The summed E-state index contributed by atoms with van der Waals surface area (Å²) in [5.74, 6) is 1.12. The molecule has 1 aliphatic rings. The van der Waals surface area contributed by atoms with E-state index in [2.05, 4.69) is 11.6 Å². The second-order valence-corrected chi connectivity index (χ2v) is 7.47. The standard InChI is InChI=1S/C13H19ClN2O2S/c1-9-2-3-10(6-9)8-16-19(17,18)13-5-4-11(15)7-12(13)14/h4-5,7,9-10,16H,2-3,6,8,15H2,1H3. The molecule has 0 aliphatic heterocycles. The number of benzene rings is 1. The number of hydrogen-bond donors (Lipinski definition) is 2. The van der Waals surface area contributed by atoms with Crippen molar-refractivity contribution < 1.29 is 8.42 Å². The molecule has 0 amide bonds. The van der Waals surface area contributed by atoms with Crippen LogP contribution in [0.3, 0.4) is 0 Å². The Hall–Kier alpha value is -0.780. The van der Waals surface area contributed by atoms with E-state index in [1.54, 1.807) is 0 Å². The molecule has 0 aromatic heterocycles. The lowest BCUT2D eigenvalue weighted by atomic mass is 10.1. The van der Waals surface area contributed by atoms with Gasteiger partial charge in [-0.2, -0.15) is 0 Å². The van der Waals surface area contributed by atoms with Crippen molar-refractivity contribution in [3.8, 4) is 0 Å². The van der Waals surface area contributed by atoms with Gasteiger partial charge in [0.15, 0.2) is 0 Å². The van der Waals surface area contributed by atoms with Crippen LogP contribution in [-0.4, -0.2) is 15.0 Å². The fraction of sp³-hybridized carbons (Fsp3) is 0.538. The maximum absolute atomic E-state index is 12.2. The van der Waals surface area contributed by atoms with Gasteiger partial charge in [-0.1, -0.05) is 24.9 Å². The van der Waals surface area contributed by atoms with Gasteiger partial charge in [0.1, 0.15) is 4.90 Å². The summed E-state index contributed by atoms with van der Waals surface area (Å²) in [4.78, 5) is 0.0920. The molecule has 6 heteroatoms. The van der Waals surface area contributed by atoms with Gasteiger partial charge in [0, 0.05) is 12.2 Å². The minimum absolute atomic E-state index is 0.0920. The average Bonchev–Trinajstić information content (AvgIpc) is 2.72. The summed E-state index contributed by atoms with van der Waals surface area (Å²) in [5.41, 5.74) is 6.01. The number of halogens is 1. The van der Waals surface area contributed by atoms with Crippen molar-refractivity contribution in [1.82, 2.24) is 4.72 Å². The molecule has 1 aromatic carbocycles. The zero-order chi connectivity index (χ0) is 14.0. The third kappa shape index (κ3) is 3.61. The lowest BCUT2D eigenvalue weighted by Gasteiger charge is -2.12. The molecule has 0 bridgehead atoms. The van der Waals surface area contributed by atoms with Crippen LogP contribution in [0.2, 0.25) is 5.02 Å².